The molecule has 0 radical (unpaired) electrons. The van der Waals surface area contributed by atoms with Gasteiger partial charge >= 0.3 is 0 Å². The van der Waals surface area contributed by atoms with E-state index in [0.29, 0.717) is 16.8 Å². The highest BCUT2D eigenvalue weighted by Gasteiger charge is 2.25. The standard InChI is InChI=1S/C23H27N3O2/c27-22(18-9-3-1-4-10-18)24-19-11-12-21(25-13-7-8-14-25)20(17-19)23(28)26-15-5-2-6-16-26/h1,3-4,9-12,17H,2,5-8,13-16H2,(H,24,27). The quantitative estimate of drug-likeness (QED) is 0.870. The Morgan fingerprint density at radius 1 is 0.786 bits per heavy atom. The monoisotopic (exact) mass is 377 g/mol. The van der Waals surface area contributed by atoms with E-state index in [4.69, 9.17) is 0 Å². The lowest BCUT2D eigenvalue weighted by molar-refractivity contribution is 0.0724. The molecule has 1 N–H and O–H groups in total. The van der Waals surface area contributed by atoms with Gasteiger partial charge in [-0.25, -0.2) is 0 Å². The number of anilines is 2. The van der Waals surface area contributed by atoms with Crippen molar-refractivity contribution in [3.05, 3.63) is 59.7 Å². The number of hydrogen-bond donors (Lipinski definition) is 1. The molecule has 146 valence electrons. The third kappa shape index (κ3) is 4.03. The van der Waals surface area contributed by atoms with Crippen molar-refractivity contribution in [1.82, 2.24) is 4.90 Å². The van der Waals surface area contributed by atoms with Gasteiger partial charge in [0.05, 0.1) is 5.56 Å². The fraction of sp³-hybridized carbons (Fsp3) is 0.391. The molecular formula is C23H27N3O2. The summed E-state index contributed by atoms with van der Waals surface area (Å²) in [6.45, 7) is 3.60. The zero-order valence-corrected chi connectivity index (χ0v) is 16.2. The Balaban J connectivity index is 1.61. The van der Waals surface area contributed by atoms with Crippen LogP contribution in [0.3, 0.4) is 0 Å². The van der Waals surface area contributed by atoms with Gasteiger partial charge in [-0.05, 0) is 62.4 Å². The molecule has 0 spiro atoms. The highest BCUT2D eigenvalue weighted by Crippen LogP contribution is 2.29. The van der Waals surface area contributed by atoms with Crippen molar-refractivity contribution in [2.75, 3.05) is 36.4 Å². The maximum atomic E-state index is 13.3. The Hall–Kier alpha value is -2.82. The van der Waals surface area contributed by atoms with Crippen LogP contribution in [-0.2, 0) is 0 Å². The average molecular weight is 377 g/mol. The molecule has 0 aromatic heterocycles. The molecule has 2 aromatic rings. The number of piperidine rings is 1. The molecule has 0 bridgehead atoms. The third-order valence-corrected chi connectivity index (χ3v) is 5.61. The summed E-state index contributed by atoms with van der Waals surface area (Å²) in [5, 5.41) is 2.95. The molecule has 4 rings (SSSR count). The summed E-state index contributed by atoms with van der Waals surface area (Å²) in [6, 6.07) is 14.9. The van der Waals surface area contributed by atoms with Gasteiger partial charge in [-0.1, -0.05) is 18.2 Å². The molecule has 5 heteroatoms. The van der Waals surface area contributed by atoms with Crippen molar-refractivity contribution in [3.63, 3.8) is 0 Å². The summed E-state index contributed by atoms with van der Waals surface area (Å²) in [7, 11) is 0. The molecule has 28 heavy (non-hydrogen) atoms. The third-order valence-electron chi connectivity index (χ3n) is 5.61. The summed E-state index contributed by atoms with van der Waals surface area (Å²) in [5.74, 6) is -0.0803. The predicted molar refractivity (Wildman–Crippen MR) is 112 cm³/mol. The molecule has 0 aliphatic carbocycles. The number of likely N-dealkylation sites (tertiary alicyclic amines) is 1. The van der Waals surface area contributed by atoms with Gasteiger partial charge in [0.2, 0.25) is 0 Å². The highest BCUT2D eigenvalue weighted by atomic mass is 16.2. The van der Waals surface area contributed by atoms with Gasteiger partial charge in [0.15, 0.2) is 0 Å². The van der Waals surface area contributed by atoms with Crippen LogP contribution in [0, 0.1) is 0 Å². The highest BCUT2D eigenvalue weighted by molar-refractivity contribution is 6.06. The normalized spacial score (nSPS) is 16.9. The van der Waals surface area contributed by atoms with Crippen molar-refractivity contribution < 1.29 is 9.59 Å². The Morgan fingerprint density at radius 3 is 2.18 bits per heavy atom. The minimum absolute atomic E-state index is 0.0809. The predicted octanol–water partition coefficient (Wildman–Crippen LogP) is 4.17. The number of carbonyl (C=O) groups excluding carboxylic acids is 2. The van der Waals surface area contributed by atoms with Crippen molar-refractivity contribution >= 4 is 23.2 Å². The second-order valence-electron chi connectivity index (χ2n) is 7.60. The van der Waals surface area contributed by atoms with E-state index >= 15 is 0 Å². The van der Waals surface area contributed by atoms with Crippen LogP contribution in [0.2, 0.25) is 0 Å². The molecule has 0 saturated carbocycles. The van der Waals surface area contributed by atoms with Crippen molar-refractivity contribution in [1.29, 1.82) is 0 Å². The van der Waals surface area contributed by atoms with E-state index < -0.39 is 0 Å². The van der Waals surface area contributed by atoms with Crippen LogP contribution in [0.4, 0.5) is 11.4 Å². The first kappa shape index (κ1) is 18.5. The zero-order chi connectivity index (χ0) is 19.3. The van der Waals surface area contributed by atoms with E-state index in [1.807, 2.05) is 41.3 Å². The molecule has 2 fully saturated rings. The summed E-state index contributed by atoms with van der Waals surface area (Å²) in [5.41, 5.74) is 2.97. The molecule has 2 aliphatic heterocycles. The van der Waals surface area contributed by atoms with E-state index in [0.717, 1.165) is 57.5 Å². The lowest BCUT2D eigenvalue weighted by atomic mass is 10.1. The van der Waals surface area contributed by atoms with Gasteiger partial charge in [-0.15, -0.1) is 0 Å². The molecule has 2 aliphatic rings. The van der Waals surface area contributed by atoms with Gasteiger partial charge in [-0.2, -0.15) is 0 Å². The maximum absolute atomic E-state index is 13.3. The first-order valence-corrected chi connectivity index (χ1v) is 10.3. The molecule has 0 unspecified atom stereocenters. The van der Waals surface area contributed by atoms with Gasteiger partial charge in [0.25, 0.3) is 11.8 Å². The van der Waals surface area contributed by atoms with E-state index in [9.17, 15) is 9.59 Å². The number of amides is 2. The molecule has 2 amide bonds. The van der Waals surface area contributed by atoms with Gasteiger partial charge < -0.3 is 15.1 Å². The van der Waals surface area contributed by atoms with E-state index in [2.05, 4.69) is 10.2 Å². The van der Waals surface area contributed by atoms with Gasteiger partial charge in [0.1, 0.15) is 0 Å². The van der Waals surface area contributed by atoms with Crippen LogP contribution in [-0.4, -0.2) is 42.9 Å². The van der Waals surface area contributed by atoms with Gasteiger partial charge in [-0.3, -0.25) is 9.59 Å². The van der Waals surface area contributed by atoms with E-state index in [1.165, 1.54) is 6.42 Å². The second kappa shape index (κ2) is 8.46. The molecule has 2 aromatic carbocycles. The van der Waals surface area contributed by atoms with E-state index in [1.54, 1.807) is 12.1 Å². The van der Waals surface area contributed by atoms with Crippen LogP contribution in [0.15, 0.2) is 48.5 Å². The Bertz CT molecular complexity index is 838. The van der Waals surface area contributed by atoms with Crippen LogP contribution in [0.25, 0.3) is 0 Å². The first-order chi connectivity index (χ1) is 13.7. The minimum Gasteiger partial charge on any atom is -0.371 e. The van der Waals surface area contributed by atoms with Crippen molar-refractivity contribution in [3.8, 4) is 0 Å². The number of nitrogens with zero attached hydrogens (tertiary/aromatic N) is 2. The number of hydrogen-bond acceptors (Lipinski definition) is 3. The van der Waals surface area contributed by atoms with Gasteiger partial charge in [0, 0.05) is 43.1 Å². The molecule has 2 heterocycles. The fourth-order valence-electron chi connectivity index (χ4n) is 4.08. The van der Waals surface area contributed by atoms with Crippen LogP contribution >= 0.6 is 0 Å². The number of carbonyl (C=O) groups is 2. The maximum Gasteiger partial charge on any atom is 0.256 e. The second-order valence-corrected chi connectivity index (χ2v) is 7.60. The van der Waals surface area contributed by atoms with E-state index in [-0.39, 0.29) is 11.8 Å². The number of nitrogens with one attached hydrogen (secondary N) is 1. The summed E-state index contributed by atoms with van der Waals surface area (Å²) in [4.78, 5) is 30.0. The zero-order valence-electron chi connectivity index (χ0n) is 16.2. The van der Waals surface area contributed by atoms with Crippen LogP contribution < -0.4 is 10.2 Å². The lowest BCUT2D eigenvalue weighted by Crippen LogP contribution is -2.36. The summed E-state index contributed by atoms with van der Waals surface area (Å²) in [6.07, 6.45) is 5.63. The largest absolute Gasteiger partial charge is 0.371 e. The topological polar surface area (TPSA) is 52.7 Å². The number of benzene rings is 2. The lowest BCUT2D eigenvalue weighted by Gasteiger charge is -2.29. The number of rotatable bonds is 4. The molecule has 5 nitrogen and oxygen atoms in total. The summed E-state index contributed by atoms with van der Waals surface area (Å²) >= 11 is 0. The average Bonchev–Trinajstić information content (AvgIpc) is 3.29. The molecule has 0 atom stereocenters. The Kier molecular flexibility index (Phi) is 5.60. The SMILES string of the molecule is O=C(Nc1ccc(N2CCCC2)c(C(=O)N2CCCCC2)c1)c1ccccc1. The van der Waals surface area contributed by atoms with Crippen LogP contribution in [0.1, 0.15) is 52.8 Å². The molecule has 2 saturated heterocycles. The Labute approximate surface area is 166 Å². The Morgan fingerprint density at radius 2 is 1.46 bits per heavy atom. The summed E-state index contributed by atoms with van der Waals surface area (Å²) < 4.78 is 0. The molecular weight excluding hydrogens is 350 g/mol. The van der Waals surface area contributed by atoms with Crippen molar-refractivity contribution in [2.45, 2.75) is 32.1 Å². The minimum atomic E-state index is -0.161. The smallest absolute Gasteiger partial charge is 0.256 e. The first-order valence-electron chi connectivity index (χ1n) is 10.3. The van der Waals surface area contributed by atoms with Crippen molar-refractivity contribution in [2.24, 2.45) is 0 Å². The van der Waals surface area contributed by atoms with Crippen LogP contribution in [0.5, 0.6) is 0 Å². The fourth-order valence-corrected chi connectivity index (χ4v) is 4.08.